The van der Waals surface area contributed by atoms with E-state index in [2.05, 4.69) is 17.1 Å². The number of piperidine rings is 1. The largest absolute Gasteiger partial charge is 0.484 e. The van der Waals surface area contributed by atoms with Gasteiger partial charge < -0.3 is 15.0 Å². The molecule has 0 unspecified atom stereocenters. The molecule has 1 fully saturated rings. The zero-order valence-electron chi connectivity index (χ0n) is 12.8. The minimum Gasteiger partial charge on any atom is -0.484 e. The Hall–Kier alpha value is -1.33. The summed E-state index contributed by atoms with van der Waals surface area (Å²) in [6, 6.07) is 4.22. The molecule has 1 amide bonds. The summed E-state index contributed by atoms with van der Waals surface area (Å²) in [4.78, 5) is 14.3. The van der Waals surface area contributed by atoms with Gasteiger partial charge in [-0.2, -0.15) is 0 Å². The van der Waals surface area contributed by atoms with Gasteiger partial charge in [-0.05, 0) is 44.5 Å². The molecule has 22 heavy (non-hydrogen) atoms. The number of carbonyl (C=O) groups is 1. The fraction of sp³-hybridized carbons (Fsp3) is 0.562. The molecule has 0 saturated carbocycles. The van der Waals surface area contributed by atoms with E-state index in [1.54, 1.807) is 0 Å². The molecular formula is C16H22ClFN2O2. The van der Waals surface area contributed by atoms with Gasteiger partial charge in [0.15, 0.2) is 6.61 Å². The number of amides is 1. The molecule has 6 heteroatoms. The summed E-state index contributed by atoms with van der Waals surface area (Å²) in [5.74, 6) is -0.279. The Morgan fingerprint density at radius 1 is 1.55 bits per heavy atom. The smallest absolute Gasteiger partial charge is 0.258 e. The van der Waals surface area contributed by atoms with E-state index < -0.39 is 5.82 Å². The number of hydrogen-bond donors (Lipinski definition) is 1. The first kappa shape index (κ1) is 17.0. The van der Waals surface area contributed by atoms with Crippen LogP contribution in [0.5, 0.6) is 5.75 Å². The van der Waals surface area contributed by atoms with Crippen LogP contribution in [0.15, 0.2) is 18.2 Å². The van der Waals surface area contributed by atoms with E-state index >= 15 is 0 Å². The second-order valence-corrected chi connectivity index (χ2v) is 5.98. The third-order valence-electron chi connectivity index (χ3n) is 3.67. The molecule has 1 aromatic rings. The lowest BCUT2D eigenvalue weighted by molar-refractivity contribution is -0.124. The summed E-state index contributed by atoms with van der Waals surface area (Å²) in [5, 5.41) is 2.98. The van der Waals surface area contributed by atoms with Crippen molar-refractivity contribution in [2.75, 3.05) is 26.2 Å². The first-order valence-corrected chi connectivity index (χ1v) is 8.06. The quantitative estimate of drug-likeness (QED) is 0.873. The Balaban J connectivity index is 1.76. The second-order valence-electron chi connectivity index (χ2n) is 5.57. The van der Waals surface area contributed by atoms with E-state index in [-0.39, 0.29) is 23.6 Å². The van der Waals surface area contributed by atoms with Crippen LogP contribution in [0.3, 0.4) is 0 Å². The van der Waals surface area contributed by atoms with Crippen molar-refractivity contribution in [1.82, 2.24) is 10.2 Å². The number of likely N-dealkylation sites (tertiary alicyclic amines) is 1. The van der Waals surface area contributed by atoms with Crippen LogP contribution in [-0.2, 0) is 4.79 Å². The van der Waals surface area contributed by atoms with Crippen molar-refractivity contribution in [3.8, 4) is 5.75 Å². The van der Waals surface area contributed by atoms with Crippen molar-refractivity contribution < 1.29 is 13.9 Å². The number of hydrogen-bond acceptors (Lipinski definition) is 3. The van der Waals surface area contributed by atoms with Gasteiger partial charge in [0.2, 0.25) is 0 Å². The highest BCUT2D eigenvalue weighted by molar-refractivity contribution is 6.30. The maximum absolute atomic E-state index is 13.0. The predicted molar refractivity (Wildman–Crippen MR) is 84.8 cm³/mol. The van der Waals surface area contributed by atoms with Crippen molar-refractivity contribution in [3.05, 3.63) is 29.0 Å². The molecule has 0 aliphatic carbocycles. The van der Waals surface area contributed by atoms with E-state index in [9.17, 15) is 9.18 Å². The molecule has 1 aliphatic heterocycles. The van der Waals surface area contributed by atoms with E-state index in [1.807, 2.05) is 0 Å². The van der Waals surface area contributed by atoms with Crippen molar-refractivity contribution in [1.29, 1.82) is 0 Å². The lowest BCUT2D eigenvalue weighted by atomic mass is 10.1. The highest BCUT2D eigenvalue weighted by atomic mass is 35.5. The Labute approximate surface area is 135 Å². The van der Waals surface area contributed by atoms with Gasteiger partial charge in [0.25, 0.3) is 5.91 Å². The summed E-state index contributed by atoms with van der Waals surface area (Å²) in [6.45, 7) is 5.12. The van der Waals surface area contributed by atoms with Crippen LogP contribution in [-0.4, -0.2) is 43.1 Å². The fourth-order valence-electron chi connectivity index (χ4n) is 2.68. The molecule has 1 heterocycles. The highest BCUT2D eigenvalue weighted by Gasteiger charge is 2.20. The number of ether oxygens (including phenoxy) is 1. The normalized spacial score (nSPS) is 19.0. The van der Waals surface area contributed by atoms with Gasteiger partial charge in [-0.1, -0.05) is 18.5 Å². The van der Waals surface area contributed by atoms with E-state index in [1.165, 1.54) is 18.2 Å². The van der Waals surface area contributed by atoms with Crippen LogP contribution in [0.2, 0.25) is 5.02 Å². The Morgan fingerprint density at radius 3 is 3.09 bits per heavy atom. The summed E-state index contributed by atoms with van der Waals surface area (Å²) in [5.41, 5.74) is 0. The SMILES string of the molecule is CCCN1CCC[C@H](NC(=O)COc2ccc(F)c(Cl)c2)C1. The van der Waals surface area contributed by atoms with Gasteiger partial charge in [0.1, 0.15) is 11.6 Å². The van der Waals surface area contributed by atoms with Crippen molar-refractivity contribution in [3.63, 3.8) is 0 Å². The van der Waals surface area contributed by atoms with Crippen molar-refractivity contribution >= 4 is 17.5 Å². The third kappa shape index (κ3) is 5.14. The van der Waals surface area contributed by atoms with E-state index in [0.717, 1.165) is 38.9 Å². The van der Waals surface area contributed by atoms with Crippen molar-refractivity contribution in [2.45, 2.75) is 32.2 Å². The molecule has 2 rings (SSSR count). The average Bonchev–Trinajstić information content (AvgIpc) is 2.49. The third-order valence-corrected chi connectivity index (χ3v) is 3.96. The monoisotopic (exact) mass is 328 g/mol. The molecule has 1 aliphatic rings. The molecule has 1 aromatic carbocycles. The van der Waals surface area contributed by atoms with Crippen molar-refractivity contribution in [2.24, 2.45) is 0 Å². The topological polar surface area (TPSA) is 41.6 Å². The molecule has 122 valence electrons. The lowest BCUT2D eigenvalue weighted by Gasteiger charge is -2.32. The minimum atomic E-state index is -0.503. The van der Waals surface area contributed by atoms with Crippen LogP contribution >= 0.6 is 11.6 Å². The Bertz CT molecular complexity index is 511. The predicted octanol–water partition coefficient (Wildman–Crippen LogP) is 2.85. The molecule has 0 aromatic heterocycles. The first-order chi connectivity index (χ1) is 10.6. The van der Waals surface area contributed by atoms with Gasteiger partial charge in [-0.15, -0.1) is 0 Å². The average molecular weight is 329 g/mol. The number of carbonyl (C=O) groups excluding carboxylic acids is 1. The number of benzene rings is 1. The minimum absolute atomic E-state index is 0.0135. The molecule has 0 bridgehead atoms. The number of halogens is 2. The van der Waals surface area contributed by atoms with Crippen LogP contribution in [0.1, 0.15) is 26.2 Å². The molecule has 1 saturated heterocycles. The maximum Gasteiger partial charge on any atom is 0.258 e. The standard InChI is InChI=1S/C16H22ClFN2O2/c1-2-7-20-8-3-4-12(10-20)19-16(21)11-22-13-5-6-15(18)14(17)9-13/h5-6,9,12H,2-4,7-8,10-11H2,1H3,(H,19,21)/t12-/m0/s1. The maximum atomic E-state index is 13.0. The summed E-state index contributed by atoms with van der Waals surface area (Å²) in [7, 11) is 0. The van der Waals surface area contributed by atoms with Crippen LogP contribution in [0, 0.1) is 5.82 Å². The summed E-state index contributed by atoms with van der Waals surface area (Å²) in [6.07, 6.45) is 3.21. The van der Waals surface area contributed by atoms with Gasteiger partial charge in [-0.25, -0.2) is 4.39 Å². The highest BCUT2D eigenvalue weighted by Crippen LogP contribution is 2.21. The number of nitrogens with zero attached hydrogens (tertiary/aromatic N) is 1. The summed E-state index contributed by atoms with van der Waals surface area (Å²) < 4.78 is 18.4. The molecule has 0 spiro atoms. The van der Waals surface area contributed by atoms with Crippen LogP contribution < -0.4 is 10.1 Å². The first-order valence-electron chi connectivity index (χ1n) is 7.68. The van der Waals surface area contributed by atoms with Gasteiger partial charge >= 0.3 is 0 Å². The molecule has 1 atom stereocenters. The van der Waals surface area contributed by atoms with Crippen LogP contribution in [0.4, 0.5) is 4.39 Å². The lowest BCUT2D eigenvalue weighted by Crippen LogP contribution is -2.48. The molecule has 0 radical (unpaired) electrons. The number of rotatable bonds is 6. The van der Waals surface area contributed by atoms with Gasteiger partial charge in [-0.3, -0.25) is 4.79 Å². The Morgan fingerprint density at radius 2 is 2.36 bits per heavy atom. The summed E-state index contributed by atoms with van der Waals surface area (Å²) >= 11 is 5.67. The zero-order chi connectivity index (χ0) is 15.9. The zero-order valence-corrected chi connectivity index (χ0v) is 13.5. The second kappa shape index (κ2) is 8.34. The van der Waals surface area contributed by atoms with Gasteiger partial charge in [0, 0.05) is 18.7 Å². The van der Waals surface area contributed by atoms with Crippen LogP contribution in [0.25, 0.3) is 0 Å². The van der Waals surface area contributed by atoms with E-state index in [4.69, 9.17) is 16.3 Å². The van der Waals surface area contributed by atoms with Gasteiger partial charge in [0.05, 0.1) is 5.02 Å². The molecular weight excluding hydrogens is 307 g/mol. The molecule has 4 nitrogen and oxygen atoms in total. The Kier molecular flexibility index (Phi) is 6.46. The number of nitrogens with one attached hydrogen (secondary N) is 1. The fourth-order valence-corrected chi connectivity index (χ4v) is 2.85. The molecule has 1 N–H and O–H groups in total. The van der Waals surface area contributed by atoms with E-state index in [0.29, 0.717) is 5.75 Å².